The SMILES string of the molecule is C=C1NC(NC(=O)C(C)C)=Nc2c1ncn2[C@H]1CC[C@@H](COC(=O)NCC(=O)NCC(=O)O)O1. The Hall–Kier alpha value is -3.94. The lowest BCUT2D eigenvalue weighted by molar-refractivity contribution is -0.137. The molecule has 0 unspecified atom stereocenters. The molecule has 0 aliphatic carbocycles. The van der Waals surface area contributed by atoms with Crippen LogP contribution in [0.3, 0.4) is 0 Å². The Labute approximate surface area is 194 Å². The topological polar surface area (TPSA) is 185 Å². The lowest BCUT2D eigenvalue weighted by atomic mass is 10.2. The molecular formula is C20H27N7O7. The van der Waals surface area contributed by atoms with Crippen LogP contribution in [0.1, 0.15) is 38.6 Å². The van der Waals surface area contributed by atoms with Gasteiger partial charge in [0.15, 0.2) is 5.82 Å². The first-order valence-electron chi connectivity index (χ1n) is 10.6. The number of hydrogen-bond acceptors (Lipinski definition) is 9. The molecule has 2 atom stereocenters. The van der Waals surface area contributed by atoms with Crippen molar-refractivity contribution in [1.82, 2.24) is 30.8 Å². The maximum Gasteiger partial charge on any atom is 0.407 e. The van der Waals surface area contributed by atoms with Crippen LogP contribution in [0.5, 0.6) is 0 Å². The second-order valence-electron chi connectivity index (χ2n) is 7.94. The van der Waals surface area contributed by atoms with Crippen LogP contribution in [0.2, 0.25) is 0 Å². The number of carboxylic acids is 1. The summed E-state index contributed by atoms with van der Waals surface area (Å²) in [6, 6.07) is 0. The number of nitrogens with zero attached hydrogens (tertiary/aromatic N) is 3. The van der Waals surface area contributed by atoms with Crippen molar-refractivity contribution in [2.75, 3.05) is 19.7 Å². The summed E-state index contributed by atoms with van der Waals surface area (Å²) in [5.74, 6) is -1.52. The van der Waals surface area contributed by atoms with Gasteiger partial charge in [-0.3, -0.25) is 24.3 Å². The van der Waals surface area contributed by atoms with Crippen molar-refractivity contribution in [3.63, 3.8) is 0 Å². The Balaban J connectivity index is 1.52. The number of carbonyl (C=O) groups is 4. The number of aromatic nitrogens is 2. The number of carbonyl (C=O) groups excluding carboxylic acids is 3. The molecule has 0 spiro atoms. The largest absolute Gasteiger partial charge is 0.480 e. The normalized spacial score (nSPS) is 19.0. The fourth-order valence-corrected chi connectivity index (χ4v) is 3.17. The Kier molecular flexibility index (Phi) is 7.83. The Bertz CT molecular complexity index is 1020. The molecule has 14 nitrogen and oxygen atoms in total. The van der Waals surface area contributed by atoms with E-state index in [4.69, 9.17) is 14.6 Å². The lowest BCUT2D eigenvalue weighted by Crippen LogP contribution is -2.43. The van der Waals surface area contributed by atoms with E-state index in [-0.39, 0.29) is 30.5 Å². The van der Waals surface area contributed by atoms with Gasteiger partial charge in [0.05, 0.1) is 18.1 Å². The molecule has 0 bridgehead atoms. The summed E-state index contributed by atoms with van der Waals surface area (Å²) in [4.78, 5) is 54.4. The molecule has 3 heterocycles. The average Bonchev–Trinajstić information content (AvgIpc) is 3.41. The number of guanidine groups is 1. The molecule has 1 aromatic heterocycles. The van der Waals surface area contributed by atoms with Gasteiger partial charge in [0.25, 0.3) is 0 Å². The molecule has 2 aliphatic heterocycles. The monoisotopic (exact) mass is 477 g/mol. The smallest absolute Gasteiger partial charge is 0.407 e. The molecule has 5 N–H and O–H groups in total. The van der Waals surface area contributed by atoms with E-state index >= 15 is 0 Å². The zero-order valence-electron chi connectivity index (χ0n) is 18.8. The first-order chi connectivity index (χ1) is 16.1. The van der Waals surface area contributed by atoms with Gasteiger partial charge in [-0.15, -0.1) is 0 Å². The third-order valence-electron chi connectivity index (χ3n) is 4.93. The van der Waals surface area contributed by atoms with Crippen molar-refractivity contribution in [2.45, 2.75) is 39.0 Å². The first-order valence-corrected chi connectivity index (χ1v) is 10.6. The molecule has 14 heteroatoms. The van der Waals surface area contributed by atoms with Crippen molar-refractivity contribution in [3.05, 3.63) is 18.6 Å². The quantitative estimate of drug-likeness (QED) is 0.339. The summed E-state index contributed by atoms with van der Waals surface area (Å²) in [7, 11) is 0. The van der Waals surface area contributed by atoms with E-state index in [1.165, 1.54) is 0 Å². The van der Waals surface area contributed by atoms with Gasteiger partial charge in [0, 0.05) is 5.92 Å². The van der Waals surface area contributed by atoms with E-state index < -0.39 is 37.3 Å². The van der Waals surface area contributed by atoms with Crippen LogP contribution in [-0.2, 0) is 23.9 Å². The third kappa shape index (κ3) is 6.31. The number of rotatable bonds is 8. The average molecular weight is 477 g/mol. The number of aliphatic carboxylic acids is 1. The van der Waals surface area contributed by atoms with Gasteiger partial charge >= 0.3 is 12.1 Å². The van der Waals surface area contributed by atoms with E-state index in [1.54, 1.807) is 24.7 Å². The van der Waals surface area contributed by atoms with Crippen LogP contribution in [0.25, 0.3) is 5.70 Å². The van der Waals surface area contributed by atoms with E-state index in [2.05, 4.69) is 37.8 Å². The maximum atomic E-state index is 12.0. The van der Waals surface area contributed by atoms with Gasteiger partial charge in [0.1, 0.15) is 31.6 Å². The lowest BCUT2D eigenvalue weighted by Gasteiger charge is -2.21. The first kappa shape index (κ1) is 24.7. The highest BCUT2D eigenvalue weighted by Crippen LogP contribution is 2.35. The van der Waals surface area contributed by atoms with Crippen molar-refractivity contribution in [1.29, 1.82) is 0 Å². The minimum absolute atomic E-state index is 0.0385. The van der Waals surface area contributed by atoms with Crippen LogP contribution in [0.15, 0.2) is 17.9 Å². The van der Waals surface area contributed by atoms with Crippen LogP contribution in [-0.4, -0.2) is 70.3 Å². The number of nitrogens with one attached hydrogen (secondary N) is 4. The number of hydrogen-bond donors (Lipinski definition) is 5. The van der Waals surface area contributed by atoms with Gasteiger partial charge in [-0.25, -0.2) is 9.78 Å². The summed E-state index contributed by atoms with van der Waals surface area (Å²) >= 11 is 0. The van der Waals surface area contributed by atoms with Crippen molar-refractivity contribution in [2.24, 2.45) is 10.9 Å². The molecule has 2 aliphatic rings. The molecule has 1 saturated heterocycles. The van der Waals surface area contributed by atoms with Crippen LogP contribution < -0.4 is 21.3 Å². The fourth-order valence-electron chi connectivity index (χ4n) is 3.17. The number of imidazole rings is 1. The summed E-state index contributed by atoms with van der Waals surface area (Å²) in [6.45, 7) is 6.48. The second kappa shape index (κ2) is 10.8. The molecular weight excluding hydrogens is 450 g/mol. The van der Waals surface area contributed by atoms with Gasteiger partial charge in [-0.1, -0.05) is 20.4 Å². The number of fused-ring (bicyclic) bond motifs is 1. The van der Waals surface area contributed by atoms with Crippen LogP contribution in [0.4, 0.5) is 10.6 Å². The Morgan fingerprint density at radius 3 is 2.76 bits per heavy atom. The molecule has 34 heavy (non-hydrogen) atoms. The van der Waals surface area contributed by atoms with E-state index in [0.29, 0.717) is 30.1 Å². The molecule has 0 aromatic carbocycles. The van der Waals surface area contributed by atoms with E-state index in [0.717, 1.165) is 0 Å². The zero-order chi connectivity index (χ0) is 24.8. The van der Waals surface area contributed by atoms with E-state index in [1.807, 2.05) is 0 Å². The van der Waals surface area contributed by atoms with Crippen molar-refractivity contribution < 1.29 is 33.8 Å². The number of aliphatic imine (C=N–C) groups is 1. The number of alkyl carbamates (subject to hydrolysis) is 1. The molecule has 1 fully saturated rings. The van der Waals surface area contributed by atoms with Crippen molar-refractivity contribution >= 4 is 41.4 Å². The van der Waals surface area contributed by atoms with Gasteiger partial charge < -0.3 is 30.5 Å². The fraction of sp³-hybridized carbons (Fsp3) is 0.500. The molecule has 3 rings (SSSR count). The van der Waals surface area contributed by atoms with E-state index in [9.17, 15) is 19.2 Å². The number of carboxylic acid groups (broad SMARTS) is 1. The standard InChI is InChI=1S/C20H27N7O7/c1-10(2)18(31)26-19-24-11(3)16-17(25-19)27(9-23-16)14-5-4-12(34-14)8-33-20(32)22-6-13(28)21-7-15(29)30/h9-10,12,14H,3-8H2,1-2H3,(H,21,28)(H,22,32)(H,29,30)(H2,24,25,26,31)/t12-,14+/m0/s1. The predicted molar refractivity (Wildman–Crippen MR) is 118 cm³/mol. The maximum absolute atomic E-state index is 12.0. The van der Waals surface area contributed by atoms with Gasteiger partial charge in [-0.05, 0) is 12.8 Å². The minimum atomic E-state index is -1.19. The number of ether oxygens (including phenoxy) is 2. The zero-order valence-corrected chi connectivity index (χ0v) is 18.8. The minimum Gasteiger partial charge on any atom is -0.480 e. The number of amides is 3. The second-order valence-corrected chi connectivity index (χ2v) is 7.94. The predicted octanol–water partition coefficient (Wildman–Crippen LogP) is -0.179. The highest BCUT2D eigenvalue weighted by molar-refractivity contribution is 6.04. The Morgan fingerprint density at radius 1 is 1.29 bits per heavy atom. The molecule has 0 radical (unpaired) electrons. The highest BCUT2D eigenvalue weighted by atomic mass is 16.6. The van der Waals surface area contributed by atoms with Crippen LogP contribution in [0, 0.1) is 5.92 Å². The molecule has 1 aromatic rings. The summed E-state index contributed by atoms with van der Waals surface area (Å²) in [5, 5.41) is 18.5. The molecule has 184 valence electrons. The molecule has 3 amide bonds. The molecule has 0 saturated carbocycles. The van der Waals surface area contributed by atoms with Gasteiger partial charge in [-0.2, -0.15) is 4.99 Å². The highest BCUT2D eigenvalue weighted by Gasteiger charge is 2.31. The van der Waals surface area contributed by atoms with Crippen LogP contribution >= 0.6 is 0 Å². The summed E-state index contributed by atoms with van der Waals surface area (Å²) in [5.41, 5.74) is 1.02. The van der Waals surface area contributed by atoms with Gasteiger partial charge in [0.2, 0.25) is 17.8 Å². The summed E-state index contributed by atoms with van der Waals surface area (Å²) < 4.78 is 12.8. The third-order valence-corrected chi connectivity index (χ3v) is 4.93. The Morgan fingerprint density at radius 2 is 2.06 bits per heavy atom. The summed E-state index contributed by atoms with van der Waals surface area (Å²) in [6.07, 6.45) is 1.17. The van der Waals surface area contributed by atoms with Crippen molar-refractivity contribution in [3.8, 4) is 0 Å².